The Hall–Kier alpha value is -1.52. The minimum absolute atomic E-state index is 0.411. The number of nitrogens with one attached hydrogen (secondary N) is 1. The Labute approximate surface area is 96.8 Å². The van der Waals surface area contributed by atoms with Crippen molar-refractivity contribution in [3.8, 4) is 5.75 Å². The zero-order valence-electron chi connectivity index (χ0n) is 10.6. The van der Waals surface area contributed by atoms with Gasteiger partial charge in [0.05, 0.1) is 7.11 Å². The quantitative estimate of drug-likeness (QED) is 0.826. The first kappa shape index (κ1) is 12.5. The number of methoxy groups -OCH3 is 1. The fourth-order valence-corrected chi connectivity index (χ4v) is 1.46. The summed E-state index contributed by atoms with van der Waals surface area (Å²) in [5, 5.41) is 3.00. The molecule has 0 fully saturated rings. The Kier molecular flexibility index (Phi) is 4.34. The van der Waals surface area contributed by atoms with E-state index in [1.807, 2.05) is 14.1 Å². The Morgan fingerprint density at radius 2 is 2.19 bits per heavy atom. The number of ether oxygens (including phenoxy) is 1. The van der Waals surface area contributed by atoms with Gasteiger partial charge in [-0.3, -0.25) is 0 Å². The summed E-state index contributed by atoms with van der Waals surface area (Å²) >= 11 is 0. The van der Waals surface area contributed by atoms with E-state index in [0.29, 0.717) is 17.6 Å². The lowest BCUT2D eigenvalue weighted by molar-refractivity contribution is 0.411. The van der Waals surface area contributed by atoms with Crippen molar-refractivity contribution in [1.82, 2.24) is 9.97 Å². The van der Waals surface area contributed by atoms with Crippen molar-refractivity contribution in [1.29, 1.82) is 0 Å². The molecule has 0 amide bonds. The summed E-state index contributed by atoms with van der Waals surface area (Å²) in [5.74, 6) is 2.21. The van der Waals surface area contributed by atoms with Crippen LogP contribution in [0.25, 0.3) is 0 Å². The number of anilines is 2. The smallest absolute Gasteiger partial charge is 0.204 e. The monoisotopic (exact) mass is 224 g/mol. The number of aromatic nitrogens is 2. The zero-order chi connectivity index (χ0) is 12.1. The summed E-state index contributed by atoms with van der Waals surface area (Å²) in [7, 11) is 5.46. The molecule has 1 N–H and O–H groups in total. The van der Waals surface area contributed by atoms with E-state index in [0.717, 1.165) is 12.2 Å². The maximum atomic E-state index is 5.35. The van der Waals surface area contributed by atoms with Gasteiger partial charge in [-0.15, -0.1) is 0 Å². The van der Waals surface area contributed by atoms with Crippen molar-refractivity contribution in [2.45, 2.75) is 26.3 Å². The fourth-order valence-electron chi connectivity index (χ4n) is 1.46. The van der Waals surface area contributed by atoms with Gasteiger partial charge < -0.3 is 15.0 Å². The number of rotatable bonds is 5. The highest BCUT2D eigenvalue weighted by atomic mass is 16.5. The summed E-state index contributed by atoms with van der Waals surface area (Å²) in [6, 6.07) is 0.411. The highest BCUT2D eigenvalue weighted by molar-refractivity contribution is 5.64. The first-order valence-electron chi connectivity index (χ1n) is 5.45. The van der Waals surface area contributed by atoms with Crippen molar-refractivity contribution >= 4 is 11.6 Å². The lowest BCUT2D eigenvalue weighted by Gasteiger charge is -2.26. The second kappa shape index (κ2) is 5.53. The molecule has 0 bridgehead atoms. The van der Waals surface area contributed by atoms with Gasteiger partial charge >= 0.3 is 0 Å². The van der Waals surface area contributed by atoms with Gasteiger partial charge in [0.25, 0.3) is 0 Å². The van der Waals surface area contributed by atoms with Crippen LogP contribution in [-0.4, -0.2) is 37.2 Å². The van der Waals surface area contributed by atoms with Gasteiger partial charge in [0.15, 0.2) is 11.6 Å². The molecular weight excluding hydrogens is 204 g/mol. The molecule has 0 aliphatic rings. The molecule has 1 atom stereocenters. The van der Waals surface area contributed by atoms with Gasteiger partial charge in [-0.1, -0.05) is 6.92 Å². The van der Waals surface area contributed by atoms with Gasteiger partial charge in [0, 0.05) is 20.1 Å². The van der Waals surface area contributed by atoms with Crippen molar-refractivity contribution in [2.75, 3.05) is 31.4 Å². The standard InChI is InChI=1S/C11H20N4O/c1-6-8(2)15(4)11-9(16-5)10(12-3)13-7-14-11/h7-8H,6H2,1-5H3,(H,12,13,14). The normalized spacial score (nSPS) is 12.1. The third-order valence-electron chi connectivity index (χ3n) is 2.81. The third kappa shape index (κ3) is 2.35. The maximum Gasteiger partial charge on any atom is 0.204 e. The van der Waals surface area contributed by atoms with Crippen LogP contribution < -0.4 is 15.0 Å². The largest absolute Gasteiger partial charge is 0.490 e. The lowest BCUT2D eigenvalue weighted by Crippen LogP contribution is -2.29. The summed E-state index contributed by atoms with van der Waals surface area (Å²) in [6.45, 7) is 4.30. The Morgan fingerprint density at radius 1 is 1.50 bits per heavy atom. The first-order valence-corrected chi connectivity index (χ1v) is 5.45. The predicted molar refractivity (Wildman–Crippen MR) is 66.3 cm³/mol. The fraction of sp³-hybridized carbons (Fsp3) is 0.636. The number of hydrogen-bond acceptors (Lipinski definition) is 5. The summed E-state index contributed by atoms with van der Waals surface area (Å²) in [5.41, 5.74) is 0. The van der Waals surface area contributed by atoms with Gasteiger partial charge in [0.1, 0.15) is 6.33 Å². The van der Waals surface area contributed by atoms with Gasteiger partial charge in [-0.2, -0.15) is 0 Å². The van der Waals surface area contributed by atoms with Gasteiger partial charge in [-0.05, 0) is 13.3 Å². The van der Waals surface area contributed by atoms with Crippen LogP contribution in [0.5, 0.6) is 5.75 Å². The summed E-state index contributed by atoms with van der Waals surface area (Å²) in [6.07, 6.45) is 2.60. The summed E-state index contributed by atoms with van der Waals surface area (Å²) < 4.78 is 5.35. The molecule has 1 rings (SSSR count). The number of hydrogen-bond donors (Lipinski definition) is 1. The van der Waals surface area contributed by atoms with Crippen LogP contribution in [0.1, 0.15) is 20.3 Å². The molecule has 0 saturated heterocycles. The molecule has 1 heterocycles. The molecule has 0 spiro atoms. The third-order valence-corrected chi connectivity index (χ3v) is 2.81. The van der Waals surface area contributed by atoms with E-state index in [9.17, 15) is 0 Å². The highest BCUT2D eigenvalue weighted by Gasteiger charge is 2.17. The average Bonchev–Trinajstić information content (AvgIpc) is 2.35. The van der Waals surface area contributed by atoms with Crippen LogP contribution in [0.2, 0.25) is 0 Å². The van der Waals surface area contributed by atoms with E-state index < -0.39 is 0 Å². The molecule has 1 unspecified atom stereocenters. The predicted octanol–water partition coefficient (Wildman–Crippen LogP) is 1.76. The average molecular weight is 224 g/mol. The van der Waals surface area contributed by atoms with Crippen molar-refractivity contribution in [2.24, 2.45) is 0 Å². The molecule has 1 aromatic heterocycles. The van der Waals surface area contributed by atoms with Crippen LogP contribution in [0, 0.1) is 0 Å². The first-order chi connectivity index (χ1) is 7.65. The molecule has 0 aliphatic carbocycles. The van der Waals surface area contributed by atoms with Crippen LogP contribution in [0.3, 0.4) is 0 Å². The van der Waals surface area contributed by atoms with Crippen LogP contribution in [0.15, 0.2) is 6.33 Å². The van der Waals surface area contributed by atoms with E-state index in [-0.39, 0.29) is 0 Å². The second-order valence-electron chi connectivity index (χ2n) is 3.70. The molecule has 5 heteroatoms. The topological polar surface area (TPSA) is 50.3 Å². The molecule has 0 radical (unpaired) electrons. The molecule has 0 aromatic carbocycles. The van der Waals surface area contributed by atoms with Gasteiger partial charge in [-0.25, -0.2) is 9.97 Å². The SMILES string of the molecule is CCC(C)N(C)c1ncnc(NC)c1OC. The van der Waals surface area contributed by atoms with Gasteiger partial charge in [0.2, 0.25) is 5.75 Å². The van der Waals surface area contributed by atoms with E-state index in [4.69, 9.17) is 4.74 Å². The van der Waals surface area contributed by atoms with E-state index in [2.05, 4.69) is 34.0 Å². The lowest BCUT2D eigenvalue weighted by atomic mass is 10.2. The number of nitrogens with zero attached hydrogens (tertiary/aromatic N) is 3. The summed E-state index contributed by atoms with van der Waals surface area (Å²) in [4.78, 5) is 10.5. The molecule has 90 valence electrons. The second-order valence-corrected chi connectivity index (χ2v) is 3.70. The minimum atomic E-state index is 0.411. The van der Waals surface area contributed by atoms with Crippen molar-refractivity contribution in [3.63, 3.8) is 0 Å². The zero-order valence-corrected chi connectivity index (χ0v) is 10.6. The maximum absolute atomic E-state index is 5.35. The molecule has 0 aliphatic heterocycles. The Morgan fingerprint density at radius 3 is 2.69 bits per heavy atom. The Bertz CT molecular complexity index is 343. The van der Waals surface area contributed by atoms with Crippen molar-refractivity contribution in [3.05, 3.63) is 6.33 Å². The van der Waals surface area contributed by atoms with E-state index >= 15 is 0 Å². The Balaban J connectivity index is 3.12. The van der Waals surface area contributed by atoms with Crippen LogP contribution in [-0.2, 0) is 0 Å². The van der Waals surface area contributed by atoms with E-state index in [1.54, 1.807) is 13.4 Å². The molecule has 5 nitrogen and oxygen atoms in total. The highest BCUT2D eigenvalue weighted by Crippen LogP contribution is 2.31. The van der Waals surface area contributed by atoms with E-state index in [1.165, 1.54) is 0 Å². The molecule has 16 heavy (non-hydrogen) atoms. The van der Waals surface area contributed by atoms with Crippen LogP contribution >= 0.6 is 0 Å². The molecule has 0 saturated carbocycles. The minimum Gasteiger partial charge on any atom is -0.490 e. The van der Waals surface area contributed by atoms with Crippen molar-refractivity contribution < 1.29 is 4.74 Å². The molecular formula is C11H20N4O. The molecule has 1 aromatic rings. The van der Waals surface area contributed by atoms with Crippen LogP contribution in [0.4, 0.5) is 11.6 Å².